The first kappa shape index (κ1) is 17.2. The molecule has 1 heterocycles. The summed E-state index contributed by atoms with van der Waals surface area (Å²) in [5.74, 6) is -1.23. The average Bonchev–Trinajstić information content (AvgIpc) is 2.59. The summed E-state index contributed by atoms with van der Waals surface area (Å²) < 4.78 is 39.5. The molecule has 0 saturated carbocycles. The maximum Gasteiger partial charge on any atom is 0.418 e. The number of hydrogen-bond acceptors (Lipinski definition) is 6. The second-order valence-electron chi connectivity index (χ2n) is 4.99. The number of benzene rings is 1. The van der Waals surface area contributed by atoms with Crippen molar-refractivity contribution in [1.29, 1.82) is 0 Å². The zero-order chi connectivity index (χ0) is 18.2. The molecule has 0 radical (unpaired) electrons. The normalized spacial score (nSPS) is 14.6. The highest BCUT2D eigenvalue weighted by Gasteiger charge is 2.37. The number of carbonyl (C=O) groups excluding carboxylic acids is 2. The second kappa shape index (κ2) is 6.32. The maximum absolute atomic E-state index is 13.2. The minimum Gasteiger partial charge on any atom is -0.351 e. The minimum absolute atomic E-state index is 0.00465. The molecule has 5 nitrogen and oxygen atoms in total. The molecule has 1 aliphatic carbocycles. The lowest BCUT2D eigenvalue weighted by atomic mass is 10.0. The molecule has 3 rings (SSSR count). The predicted molar refractivity (Wildman–Crippen MR) is 86.3 cm³/mol. The summed E-state index contributed by atoms with van der Waals surface area (Å²) in [5.41, 5.74) is -1.77. The van der Waals surface area contributed by atoms with E-state index in [4.69, 9.17) is 0 Å². The highest BCUT2D eigenvalue weighted by molar-refractivity contribution is 8.03. The van der Waals surface area contributed by atoms with Crippen LogP contribution in [0.3, 0.4) is 0 Å². The third-order valence-corrected chi connectivity index (χ3v) is 4.28. The van der Waals surface area contributed by atoms with Crippen LogP contribution in [0.15, 0.2) is 47.3 Å². The number of alkyl halides is 3. The number of ketones is 2. The molecule has 1 aromatic carbocycles. The second-order valence-corrected chi connectivity index (χ2v) is 5.80. The van der Waals surface area contributed by atoms with Gasteiger partial charge >= 0.3 is 6.18 Å². The number of Topliss-reactive ketones (excluding diaryl/α,β-unsaturated/α-hetero) is 2. The number of thioether (sulfide) groups is 1. The van der Waals surface area contributed by atoms with Crippen molar-refractivity contribution in [2.75, 3.05) is 11.6 Å². The van der Waals surface area contributed by atoms with E-state index in [1.165, 1.54) is 30.6 Å². The lowest BCUT2D eigenvalue weighted by molar-refractivity contribution is -0.136. The van der Waals surface area contributed by atoms with Crippen molar-refractivity contribution in [3.63, 3.8) is 0 Å². The van der Waals surface area contributed by atoms with Crippen molar-refractivity contribution < 1.29 is 22.8 Å². The molecule has 128 valence electrons. The predicted octanol–water partition coefficient (Wildman–Crippen LogP) is 3.56. The van der Waals surface area contributed by atoms with Crippen LogP contribution in [0.25, 0.3) is 0 Å². The molecule has 0 amide bonds. The summed E-state index contributed by atoms with van der Waals surface area (Å²) in [7, 11) is 0. The summed E-state index contributed by atoms with van der Waals surface area (Å²) in [5, 5.41) is 2.48. The quantitative estimate of drug-likeness (QED) is 0.897. The SMILES string of the molecule is CSC1=C(Nc2ccccc2C(F)(F)F)C(=O)c2nccnc2C1=O. The summed E-state index contributed by atoms with van der Waals surface area (Å²) in [4.78, 5) is 32.8. The van der Waals surface area contributed by atoms with Crippen LogP contribution in [-0.2, 0) is 6.18 Å². The third kappa shape index (κ3) is 3.02. The molecule has 0 saturated heterocycles. The van der Waals surface area contributed by atoms with Gasteiger partial charge in [0.1, 0.15) is 17.1 Å². The number of halogens is 3. The minimum atomic E-state index is -4.61. The van der Waals surface area contributed by atoms with E-state index in [0.29, 0.717) is 0 Å². The number of carbonyl (C=O) groups is 2. The molecule has 2 aromatic rings. The van der Waals surface area contributed by atoms with E-state index in [1.807, 2.05) is 0 Å². The van der Waals surface area contributed by atoms with Gasteiger partial charge in [-0.25, -0.2) is 9.97 Å². The Hall–Kier alpha value is -2.68. The molecule has 1 aromatic heterocycles. The van der Waals surface area contributed by atoms with Gasteiger partial charge in [0.25, 0.3) is 0 Å². The summed E-state index contributed by atoms with van der Waals surface area (Å²) in [6, 6.07) is 4.73. The van der Waals surface area contributed by atoms with Crippen molar-refractivity contribution in [3.8, 4) is 0 Å². The van der Waals surface area contributed by atoms with E-state index >= 15 is 0 Å². The first-order valence-corrected chi connectivity index (χ1v) is 8.19. The van der Waals surface area contributed by atoms with Crippen LogP contribution >= 0.6 is 11.8 Å². The van der Waals surface area contributed by atoms with Gasteiger partial charge in [0.2, 0.25) is 11.6 Å². The fraction of sp³-hybridized carbons (Fsp3) is 0.125. The Balaban J connectivity index is 2.11. The fourth-order valence-corrected chi connectivity index (χ4v) is 3.03. The largest absolute Gasteiger partial charge is 0.418 e. The summed E-state index contributed by atoms with van der Waals surface area (Å²) in [6.07, 6.45) is -0.531. The Morgan fingerprint density at radius 3 is 2.20 bits per heavy atom. The average molecular weight is 365 g/mol. The van der Waals surface area contributed by atoms with Crippen LogP contribution in [0.5, 0.6) is 0 Å². The summed E-state index contributed by atoms with van der Waals surface area (Å²) >= 11 is 0.960. The first-order chi connectivity index (χ1) is 11.8. The molecule has 9 heteroatoms. The summed E-state index contributed by atoms with van der Waals surface area (Å²) in [6.45, 7) is 0. The van der Waals surface area contributed by atoms with Gasteiger partial charge in [0.15, 0.2) is 0 Å². The lowest BCUT2D eigenvalue weighted by Gasteiger charge is -2.21. The number of rotatable bonds is 3. The van der Waals surface area contributed by atoms with Gasteiger partial charge in [0.05, 0.1) is 16.2 Å². The topological polar surface area (TPSA) is 72.0 Å². The number of aromatic nitrogens is 2. The Morgan fingerprint density at radius 2 is 1.60 bits per heavy atom. The molecule has 25 heavy (non-hydrogen) atoms. The number of anilines is 1. The molecule has 0 unspecified atom stereocenters. The zero-order valence-corrected chi connectivity index (χ0v) is 13.5. The first-order valence-electron chi connectivity index (χ1n) is 6.96. The van der Waals surface area contributed by atoms with Crippen LogP contribution in [0.4, 0.5) is 18.9 Å². The molecule has 0 atom stereocenters. The van der Waals surface area contributed by atoms with Crippen LogP contribution in [0, 0.1) is 0 Å². The van der Waals surface area contributed by atoms with E-state index < -0.39 is 23.3 Å². The van der Waals surface area contributed by atoms with Crippen molar-refractivity contribution >= 4 is 29.0 Å². The fourth-order valence-electron chi connectivity index (χ4n) is 2.40. The molecule has 0 bridgehead atoms. The number of hydrogen-bond donors (Lipinski definition) is 1. The Morgan fingerprint density at radius 1 is 1.00 bits per heavy atom. The number of nitrogens with zero attached hydrogens (tertiary/aromatic N) is 2. The van der Waals surface area contributed by atoms with E-state index in [2.05, 4.69) is 15.3 Å². The monoisotopic (exact) mass is 365 g/mol. The van der Waals surface area contributed by atoms with Gasteiger partial charge in [-0.2, -0.15) is 13.2 Å². The van der Waals surface area contributed by atoms with Crippen LogP contribution in [0.2, 0.25) is 0 Å². The molecular formula is C16H10F3N3O2S. The number of fused-ring (bicyclic) bond motifs is 1. The van der Waals surface area contributed by atoms with E-state index in [1.54, 1.807) is 6.26 Å². The molecular weight excluding hydrogens is 355 g/mol. The van der Waals surface area contributed by atoms with Crippen LogP contribution in [0.1, 0.15) is 26.5 Å². The van der Waals surface area contributed by atoms with Crippen molar-refractivity contribution in [2.45, 2.75) is 6.18 Å². The van der Waals surface area contributed by atoms with Gasteiger partial charge in [-0.05, 0) is 18.4 Å². The van der Waals surface area contributed by atoms with Crippen molar-refractivity contribution in [3.05, 3.63) is 64.2 Å². The molecule has 1 N–H and O–H groups in total. The number of nitrogens with one attached hydrogen (secondary N) is 1. The third-order valence-electron chi connectivity index (χ3n) is 3.49. The van der Waals surface area contributed by atoms with E-state index in [9.17, 15) is 22.8 Å². The Labute approximate surface area is 144 Å². The number of para-hydroxylation sites is 1. The molecule has 0 spiro atoms. The van der Waals surface area contributed by atoms with Gasteiger partial charge in [-0.15, -0.1) is 11.8 Å². The van der Waals surface area contributed by atoms with Crippen molar-refractivity contribution in [1.82, 2.24) is 9.97 Å². The van der Waals surface area contributed by atoms with E-state index in [-0.39, 0.29) is 27.7 Å². The van der Waals surface area contributed by atoms with Gasteiger partial charge in [-0.3, -0.25) is 9.59 Å². The smallest absolute Gasteiger partial charge is 0.351 e. The Bertz CT molecular complexity index is 909. The van der Waals surface area contributed by atoms with Crippen LogP contribution in [-0.4, -0.2) is 27.8 Å². The van der Waals surface area contributed by atoms with Crippen LogP contribution < -0.4 is 5.32 Å². The standard InChI is InChI=1S/C16H10F3N3O2S/c1-25-15-12(13(23)10-11(14(15)24)21-7-6-20-10)22-9-5-3-2-4-8(9)16(17,18)19/h2-7,22H,1H3. The van der Waals surface area contributed by atoms with Gasteiger partial charge in [0, 0.05) is 12.4 Å². The Kier molecular flexibility index (Phi) is 4.34. The number of allylic oxidation sites excluding steroid dienone is 2. The van der Waals surface area contributed by atoms with Gasteiger partial charge < -0.3 is 5.32 Å². The van der Waals surface area contributed by atoms with E-state index in [0.717, 1.165) is 17.8 Å². The maximum atomic E-state index is 13.2. The lowest BCUT2D eigenvalue weighted by Crippen LogP contribution is -2.27. The van der Waals surface area contributed by atoms with Gasteiger partial charge in [-0.1, -0.05) is 12.1 Å². The van der Waals surface area contributed by atoms with Crippen molar-refractivity contribution in [2.24, 2.45) is 0 Å². The highest BCUT2D eigenvalue weighted by atomic mass is 32.2. The zero-order valence-electron chi connectivity index (χ0n) is 12.7. The molecule has 0 fully saturated rings. The molecule has 1 aliphatic rings. The molecule has 0 aliphatic heterocycles. The highest BCUT2D eigenvalue weighted by Crippen LogP contribution is 2.37.